The molecular weight excluding hydrogens is 450 g/mol. The third-order valence-corrected chi connectivity index (χ3v) is 3.87. The molecule has 178 valence electrons. The fraction of sp³-hybridized carbons (Fsp3) is 0.286. The Kier molecular flexibility index (Phi) is 10.1. The maximum atomic E-state index is 13.8. The molecule has 1 N–H and O–H groups in total. The first kappa shape index (κ1) is 25.6. The van der Waals surface area contributed by atoms with Crippen molar-refractivity contribution in [3.8, 4) is 0 Å². The topological polar surface area (TPSA) is 127 Å². The zero-order chi connectivity index (χ0) is 24.1. The quantitative estimate of drug-likeness (QED) is 0.214. The van der Waals surface area contributed by atoms with E-state index < -0.39 is 43.3 Å². The van der Waals surface area contributed by atoms with Gasteiger partial charge in [0.05, 0.1) is 0 Å². The molecule has 0 heterocycles. The number of aliphatic hydroxyl groups excluding tert-OH is 1. The maximum Gasteiger partial charge on any atom is 0.540 e. The Morgan fingerprint density at radius 1 is 0.879 bits per heavy atom. The van der Waals surface area contributed by atoms with Crippen molar-refractivity contribution in [1.82, 2.24) is 0 Å². The molecule has 0 saturated carbocycles. The van der Waals surface area contributed by atoms with E-state index in [-0.39, 0.29) is 13.2 Å². The molecule has 0 fully saturated rings. The van der Waals surface area contributed by atoms with Gasteiger partial charge in [-0.05, 0) is 11.1 Å². The Labute approximate surface area is 186 Å². The van der Waals surface area contributed by atoms with Crippen molar-refractivity contribution in [2.75, 3.05) is 6.61 Å². The predicted octanol–water partition coefficient (Wildman–Crippen LogP) is 3.12. The van der Waals surface area contributed by atoms with Crippen LogP contribution in [0.15, 0.2) is 60.7 Å². The summed E-state index contributed by atoms with van der Waals surface area (Å²) in [5.74, 6) is -4.30. The highest BCUT2D eigenvalue weighted by atomic mass is 19.3. The molecule has 0 aliphatic rings. The number of hydrogen-bond donors (Lipinski definition) is 1. The molecule has 2 atom stereocenters. The first-order valence-corrected chi connectivity index (χ1v) is 9.38. The Bertz CT molecular complexity index is 879. The number of aliphatic hydroxyl groups is 1. The van der Waals surface area contributed by atoms with E-state index in [0.717, 1.165) is 0 Å². The van der Waals surface area contributed by atoms with E-state index in [1.54, 1.807) is 60.7 Å². The van der Waals surface area contributed by atoms with Crippen molar-refractivity contribution < 1.29 is 57.3 Å². The predicted molar refractivity (Wildman–Crippen MR) is 103 cm³/mol. The molecular formula is C21H20F2O10. The van der Waals surface area contributed by atoms with Crippen LogP contribution < -0.4 is 0 Å². The van der Waals surface area contributed by atoms with E-state index in [1.165, 1.54) is 0 Å². The van der Waals surface area contributed by atoms with Crippen LogP contribution >= 0.6 is 0 Å². The third-order valence-electron chi connectivity index (χ3n) is 3.87. The van der Waals surface area contributed by atoms with Crippen molar-refractivity contribution in [2.24, 2.45) is 0 Å². The van der Waals surface area contributed by atoms with E-state index in [9.17, 15) is 28.3 Å². The molecule has 0 saturated heterocycles. The van der Waals surface area contributed by atoms with E-state index in [4.69, 9.17) is 4.74 Å². The summed E-state index contributed by atoms with van der Waals surface area (Å²) < 4.78 is 37.0. The van der Waals surface area contributed by atoms with Gasteiger partial charge in [0.2, 0.25) is 6.10 Å². The normalized spacial score (nSPS) is 12.8. The zero-order valence-corrected chi connectivity index (χ0v) is 17.0. The number of rotatable bonds is 12. The van der Waals surface area contributed by atoms with Gasteiger partial charge in [-0.15, -0.1) is 0 Å². The highest BCUT2D eigenvalue weighted by Gasteiger charge is 2.47. The summed E-state index contributed by atoms with van der Waals surface area (Å²) in [6.45, 7) is -1.47. The van der Waals surface area contributed by atoms with Crippen LogP contribution in [-0.2, 0) is 47.0 Å². The van der Waals surface area contributed by atoms with Crippen molar-refractivity contribution in [3.05, 3.63) is 71.8 Å². The highest BCUT2D eigenvalue weighted by molar-refractivity contribution is 5.61. The molecule has 10 nitrogen and oxygen atoms in total. The van der Waals surface area contributed by atoms with Crippen molar-refractivity contribution in [1.29, 1.82) is 0 Å². The zero-order valence-electron chi connectivity index (χ0n) is 17.0. The van der Waals surface area contributed by atoms with Crippen LogP contribution in [0.1, 0.15) is 11.1 Å². The average Bonchev–Trinajstić information content (AvgIpc) is 2.82. The van der Waals surface area contributed by atoms with Crippen LogP contribution in [0.4, 0.5) is 18.4 Å². The van der Waals surface area contributed by atoms with Gasteiger partial charge < -0.3 is 14.6 Å². The monoisotopic (exact) mass is 470 g/mol. The Hall–Kier alpha value is -3.61. The third kappa shape index (κ3) is 9.19. The SMILES string of the molecule is O=CC(F)(F)[C@H](OOC(=O)OCc1ccccc1)[C@@H](O)COOC(=O)OCc1ccccc1. The molecule has 0 amide bonds. The Morgan fingerprint density at radius 2 is 1.36 bits per heavy atom. The summed E-state index contributed by atoms with van der Waals surface area (Å²) in [5.41, 5.74) is 1.22. The van der Waals surface area contributed by atoms with Gasteiger partial charge >= 0.3 is 18.2 Å². The van der Waals surface area contributed by atoms with E-state index in [1.807, 2.05) is 0 Å². The van der Waals surface area contributed by atoms with Crippen LogP contribution in [0, 0.1) is 0 Å². The summed E-state index contributed by atoms with van der Waals surface area (Å²) in [6.07, 6.45) is -8.60. The molecule has 0 aliphatic heterocycles. The molecule has 0 bridgehead atoms. The number of hydrogen-bond acceptors (Lipinski definition) is 10. The van der Waals surface area contributed by atoms with Crippen LogP contribution in [0.25, 0.3) is 0 Å². The lowest BCUT2D eigenvalue weighted by molar-refractivity contribution is -0.349. The first-order valence-electron chi connectivity index (χ1n) is 9.38. The van der Waals surface area contributed by atoms with E-state index >= 15 is 0 Å². The van der Waals surface area contributed by atoms with Crippen molar-refractivity contribution >= 4 is 18.6 Å². The summed E-state index contributed by atoms with van der Waals surface area (Å²) in [7, 11) is 0. The minimum absolute atomic E-state index is 0.153. The van der Waals surface area contributed by atoms with Gasteiger partial charge in [-0.3, -0.25) is 14.6 Å². The molecule has 0 unspecified atom stereocenters. The fourth-order valence-corrected chi connectivity index (χ4v) is 2.26. The second-order valence-corrected chi connectivity index (χ2v) is 6.38. The summed E-state index contributed by atoms with van der Waals surface area (Å²) >= 11 is 0. The number of aldehydes is 1. The lowest BCUT2D eigenvalue weighted by Gasteiger charge is -2.24. The second-order valence-electron chi connectivity index (χ2n) is 6.38. The number of carbonyl (C=O) groups excluding carboxylic acids is 3. The van der Waals surface area contributed by atoms with Gasteiger partial charge in [0.1, 0.15) is 25.9 Å². The molecule has 12 heteroatoms. The molecule has 2 rings (SSSR count). The number of ether oxygens (including phenoxy) is 2. The fourth-order valence-electron chi connectivity index (χ4n) is 2.26. The van der Waals surface area contributed by atoms with Crippen LogP contribution in [-0.4, -0.2) is 48.4 Å². The molecule has 0 radical (unpaired) electrons. The standard InChI is InChI=1S/C21H20F2O10/c22-21(23,14-24)18(31-33-20(27)29-12-16-9-5-2-6-10-16)17(25)13-30-32-19(26)28-11-15-7-3-1-4-8-15/h1-10,14,17-18,25H,11-13H2/t17-,18+/m0/s1. The maximum absolute atomic E-state index is 13.8. The molecule has 0 aliphatic carbocycles. The molecule has 0 spiro atoms. The van der Waals surface area contributed by atoms with Crippen molar-refractivity contribution in [2.45, 2.75) is 31.3 Å². The molecule has 2 aromatic rings. The van der Waals surface area contributed by atoms with Gasteiger partial charge in [0, 0.05) is 0 Å². The minimum atomic E-state index is -4.30. The smallest absolute Gasteiger partial charge is 0.427 e. The Balaban J connectivity index is 1.77. The number of halogens is 2. The molecule has 33 heavy (non-hydrogen) atoms. The Morgan fingerprint density at radius 3 is 1.85 bits per heavy atom. The summed E-state index contributed by atoms with van der Waals surface area (Å²) in [6, 6.07) is 16.9. The van der Waals surface area contributed by atoms with Gasteiger partial charge in [-0.2, -0.15) is 18.6 Å². The van der Waals surface area contributed by atoms with Crippen LogP contribution in [0.3, 0.4) is 0 Å². The molecule has 0 aromatic heterocycles. The van der Waals surface area contributed by atoms with Gasteiger partial charge in [-0.25, -0.2) is 9.59 Å². The first-order chi connectivity index (χ1) is 15.8. The lowest BCUT2D eigenvalue weighted by atomic mass is 10.1. The van der Waals surface area contributed by atoms with Gasteiger partial charge in [-0.1, -0.05) is 60.7 Å². The summed E-state index contributed by atoms with van der Waals surface area (Å²) in [5, 5.41) is 9.86. The average molecular weight is 470 g/mol. The van der Waals surface area contributed by atoms with Crippen LogP contribution in [0.5, 0.6) is 0 Å². The highest BCUT2D eigenvalue weighted by Crippen LogP contribution is 2.23. The number of carbonyl (C=O) groups is 3. The minimum Gasteiger partial charge on any atom is -0.427 e. The van der Waals surface area contributed by atoms with Crippen molar-refractivity contribution in [3.63, 3.8) is 0 Å². The lowest BCUT2D eigenvalue weighted by Crippen LogP contribution is -2.48. The number of alkyl halides is 2. The largest absolute Gasteiger partial charge is 0.540 e. The molecule has 2 aromatic carbocycles. The number of benzene rings is 2. The van der Waals surface area contributed by atoms with Gasteiger partial charge in [0.25, 0.3) is 0 Å². The second kappa shape index (κ2) is 13.1. The summed E-state index contributed by atoms with van der Waals surface area (Å²) in [4.78, 5) is 50.5. The van der Waals surface area contributed by atoms with E-state index in [0.29, 0.717) is 11.1 Å². The van der Waals surface area contributed by atoms with E-state index in [2.05, 4.69) is 24.3 Å². The van der Waals surface area contributed by atoms with Gasteiger partial charge in [0.15, 0.2) is 6.29 Å². The van der Waals surface area contributed by atoms with Crippen LogP contribution in [0.2, 0.25) is 0 Å².